The van der Waals surface area contributed by atoms with Gasteiger partial charge in [0.05, 0.1) is 13.7 Å². The number of piperidine rings is 2. The normalized spacial score (nSPS) is 24.1. The molecule has 4 nitrogen and oxygen atoms in total. The molecule has 2 aromatic carbocycles. The maximum Gasteiger partial charge on any atom is 0.139 e. The van der Waals surface area contributed by atoms with Crippen LogP contribution in [0.15, 0.2) is 54.6 Å². The number of ether oxygens (including phenoxy) is 2. The molecular weight excluding hydrogens is 362 g/mol. The van der Waals surface area contributed by atoms with E-state index in [2.05, 4.69) is 35.2 Å². The van der Waals surface area contributed by atoms with Crippen molar-refractivity contribution in [3.8, 4) is 11.5 Å². The van der Waals surface area contributed by atoms with Crippen molar-refractivity contribution in [2.45, 2.75) is 57.2 Å². The summed E-state index contributed by atoms with van der Waals surface area (Å²) in [7, 11) is 1.64. The van der Waals surface area contributed by atoms with E-state index in [1.165, 1.54) is 24.8 Å². The third-order valence-corrected chi connectivity index (χ3v) is 6.45. The molecule has 2 bridgehead atoms. The number of hydrogen-bond donors (Lipinski definition) is 0. The third-order valence-electron chi connectivity index (χ3n) is 6.45. The minimum atomic E-state index is 0.186. The lowest BCUT2D eigenvalue weighted by Gasteiger charge is -2.48. The lowest BCUT2D eigenvalue weighted by atomic mass is 9.76. The molecule has 0 radical (unpaired) electrons. The molecule has 0 saturated carbocycles. The van der Waals surface area contributed by atoms with Crippen molar-refractivity contribution in [2.24, 2.45) is 5.92 Å². The lowest BCUT2D eigenvalue weighted by Crippen LogP contribution is -2.52. The lowest BCUT2D eigenvalue weighted by molar-refractivity contribution is -0.127. The maximum atomic E-state index is 12.9. The first-order chi connectivity index (χ1) is 14.2. The van der Waals surface area contributed by atoms with Crippen molar-refractivity contribution in [3.05, 3.63) is 60.2 Å². The molecule has 0 aromatic heterocycles. The Labute approximate surface area is 173 Å². The number of rotatable bonds is 8. The molecule has 2 saturated heterocycles. The van der Waals surface area contributed by atoms with Crippen LogP contribution >= 0.6 is 0 Å². The molecule has 2 unspecified atom stereocenters. The zero-order valence-corrected chi connectivity index (χ0v) is 17.3. The topological polar surface area (TPSA) is 38.8 Å². The standard InChI is InChI=1S/C25H31NO3/c1-28-23-11-6-12-24(17-23)29-14-13-25(27)20-15-21-9-5-10-22(16-20)26(21)18-19-7-3-2-4-8-19/h2-4,6-8,11-12,17,20-22H,5,9-10,13-16,18H2,1H3. The molecule has 0 spiro atoms. The second-order valence-electron chi connectivity index (χ2n) is 8.31. The van der Waals surface area contributed by atoms with E-state index in [4.69, 9.17) is 9.47 Å². The van der Waals surface area contributed by atoms with Gasteiger partial charge in [0.1, 0.15) is 17.3 Å². The van der Waals surface area contributed by atoms with Crippen LogP contribution in [0.2, 0.25) is 0 Å². The Morgan fingerprint density at radius 3 is 2.45 bits per heavy atom. The van der Waals surface area contributed by atoms with E-state index in [0.717, 1.165) is 30.9 Å². The number of benzene rings is 2. The van der Waals surface area contributed by atoms with Gasteiger partial charge in [-0.1, -0.05) is 42.8 Å². The zero-order valence-electron chi connectivity index (χ0n) is 17.3. The molecule has 29 heavy (non-hydrogen) atoms. The molecule has 2 aliphatic rings. The first-order valence-electron chi connectivity index (χ1n) is 10.8. The molecule has 0 amide bonds. The molecule has 2 aliphatic heterocycles. The number of fused-ring (bicyclic) bond motifs is 2. The van der Waals surface area contributed by atoms with Crippen LogP contribution in [-0.2, 0) is 11.3 Å². The highest BCUT2D eigenvalue weighted by Gasteiger charge is 2.40. The molecule has 2 fully saturated rings. The van der Waals surface area contributed by atoms with E-state index < -0.39 is 0 Å². The van der Waals surface area contributed by atoms with Crippen LogP contribution in [0.1, 0.15) is 44.1 Å². The van der Waals surface area contributed by atoms with Gasteiger partial charge in [-0.05, 0) is 43.4 Å². The zero-order chi connectivity index (χ0) is 20.1. The molecule has 0 N–H and O–H groups in total. The Morgan fingerprint density at radius 2 is 1.72 bits per heavy atom. The number of nitrogens with zero attached hydrogens (tertiary/aromatic N) is 1. The van der Waals surface area contributed by atoms with Crippen molar-refractivity contribution in [2.75, 3.05) is 13.7 Å². The molecular formula is C25H31NO3. The summed E-state index contributed by atoms with van der Waals surface area (Å²) in [6.45, 7) is 1.45. The van der Waals surface area contributed by atoms with Crippen LogP contribution in [0.3, 0.4) is 0 Å². The number of Topliss-reactive ketones (excluding diaryl/α,β-unsaturated/α-hetero) is 1. The van der Waals surface area contributed by atoms with Crippen LogP contribution in [0.25, 0.3) is 0 Å². The highest BCUT2D eigenvalue weighted by molar-refractivity contribution is 5.81. The summed E-state index contributed by atoms with van der Waals surface area (Å²) in [5, 5.41) is 0. The van der Waals surface area contributed by atoms with Gasteiger partial charge in [0.15, 0.2) is 0 Å². The first-order valence-corrected chi connectivity index (χ1v) is 10.8. The third kappa shape index (κ3) is 4.99. The van der Waals surface area contributed by atoms with E-state index in [1.807, 2.05) is 24.3 Å². The van der Waals surface area contributed by atoms with Crippen LogP contribution in [-0.4, -0.2) is 36.5 Å². The number of ketones is 1. The van der Waals surface area contributed by atoms with Crippen molar-refractivity contribution in [1.82, 2.24) is 4.90 Å². The average Bonchev–Trinajstić information content (AvgIpc) is 2.74. The van der Waals surface area contributed by atoms with Gasteiger partial charge in [0.25, 0.3) is 0 Å². The quantitative estimate of drug-likeness (QED) is 0.642. The van der Waals surface area contributed by atoms with Gasteiger partial charge >= 0.3 is 0 Å². The Bertz CT molecular complexity index is 793. The van der Waals surface area contributed by atoms with Gasteiger partial charge in [-0.25, -0.2) is 0 Å². The van der Waals surface area contributed by atoms with Crippen LogP contribution in [0.5, 0.6) is 11.5 Å². The monoisotopic (exact) mass is 393 g/mol. The van der Waals surface area contributed by atoms with Gasteiger partial charge in [0.2, 0.25) is 0 Å². The van der Waals surface area contributed by atoms with Crippen LogP contribution in [0, 0.1) is 5.92 Å². The molecule has 2 atom stereocenters. The Hall–Kier alpha value is -2.33. The largest absolute Gasteiger partial charge is 0.497 e. The van der Waals surface area contributed by atoms with E-state index in [0.29, 0.717) is 30.9 Å². The summed E-state index contributed by atoms with van der Waals surface area (Å²) in [6, 6.07) is 19.4. The molecule has 2 heterocycles. The van der Waals surface area contributed by atoms with Crippen molar-refractivity contribution in [1.29, 1.82) is 0 Å². The van der Waals surface area contributed by atoms with Crippen LogP contribution < -0.4 is 9.47 Å². The molecule has 0 aliphatic carbocycles. The SMILES string of the molecule is COc1cccc(OCCC(=O)C2CC3CCCC(C2)N3Cc2ccccc2)c1. The average molecular weight is 394 g/mol. The van der Waals surface area contributed by atoms with Gasteiger partial charge in [-0.2, -0.15) is 0 Å². The fourth-order valence-corrected chi connectivity index (χ4v) is 4.96. The van der Waals surface area contributed by atoms with E-state index in [9.17, 15) is 4.79 Å². The summed E-state index contributed by atoms with van der Waals surface area (Å²) in [6.07, 6.45) is 6.21. The minimum absolute atomic E-state index is 0.186. The number of carbonyl (C=O) groups excluding carboxylic acids is 1. The van der Waals surface area contributed by atoms with E-state index >= 15 is 0 Å². The second-order valence-corrected chi connectivity index (χ2v) is 8.31. The predicted molar refractivity (Wildman–Crippen MR) is 114 cm³/mol. The van der Waals surface area contributed by atoms with Gasteiger partial charge in [-0.3, -0.25) is 9.69 Å². The van der Waals surface area contributed by atoms with Gasteiger partial charge in [0, 0.05) is 37.0 Å². The van der Waals surface area contributed by atoms with Crippen molar-refractivity contribution < 1.29 is 14.3 Å². The highest BCUT2D eigenvalue weighted by atomic mass is 16.5. The van der Waals surface area contributed by atoms with Gasteiger partial charge < -0.3 is 9.47 Å². The molecule has 2 aromatic rings. The first kappa shape index (κ1) is 20.0. The summed E-state index contributed by atoms with van der Waals surface area (Å²) < 4.78 is 11.0. The summed E-state index contributed by atoms with van der Waals surface area (Å²) >= 11 is 0. The summed E-state index contributed by atoms with van der Waals surface area (Å²) in [5.74, 6) is 2.08. The van der Waals surface area contributed by atoms with Crippen molar-refractivity contribution in [3.63, 3.8) is 0 Å². The van der Waals surface area contributed by atoms with E-state index in [-0.39, 0.29) is 5.92 Å². The maximum absolute atomic E-state index is 12.9. The van der Waals surface area contributed by atoms with E-state index in [1.54, 1.807) is 7.11 Å². The second kappa shape index (κ2) is 9.45. The van der Waals surface area contributed by atoms with Crippen LogP contribution in [0.4, 0.5) is 0 Å². The fourth-order valence-electron chi connectivity index (χ4n) is 4.96. The smallest absolute Gasteiger partial charge is 0.139 e. The van der Waals surface area contributed by atoms with Crippen molar-refractivity contribution >= 4 is 5.78 Å². The Balaban J connectivity index is 1.30. The molecule has 154 valence electrons. The molecule has 4 heteroatoms. The minimum Gasteiger partial charge on any atom is -0.497 e. The fraction of sp³-hybridized carbons (Fsp3) is 0.480. The Kier molecular flexibility index (Phi) is 6.50. The number of hydrogen-bond acceptors (Lipinski definition) is 4. The number of methoxy groups -OCH3 is 1. The summed E-state index contributed by atoms with van der Waals surface area (Å²) in [4.78, 5) is 15.5. The summed E-state index contributed by atoms with van der Waals surface area (Å²) in [5.41, 5.74) is 1.38. The molecule has 4 rings (SSSR count). The Morgan fingerprint density at radius 1 is 1.00 bits per heavy atom. The predicted octanol–water partition coefficient (Wildman–Crippen LogP) is 4.87. The highest BCUT2D eigenvalue weighted by Crippen LogP contribution is 2.38. The van der Waals surface area contributed by atoms with Gasteiger partial charge in [-0.15, -0.1) is 0 Å². The number of carbonyl (C=O) groups is 1.